The second-order valence-electron chi connectivity index (χ2n) is 7.04. The maximum Gasteiger partial charge on any atom is 0.471 e. The number of alkyl halides is 3. The number of hydrogen-bond acceptors (Lipinski definition) is 2. The fourth-order valence-electron chi connectivity index (χ4n) is 4.60. The van der Waals surface area contributed by atoms with Gasteiger partial charge in [-0.1, -0.05) is 12.1 Å². The molecule has 23 heavy (non-hydrogen) atoms. The van der Waals surface area contributed by atoms with Crippen LogP contribution < -0.4 is 0 Å². The lowest BCUT2D eigenvalue weighted by Crippen LogP contribution is -2.42. The summed E-state index contributed by atoms with van der Waals surface area (Å²) in [4.78, 5) is 12.6. The SMILES string of the molecule is N#Cc1ccc(C23CN(C(=O)C(F)(F)F)CC2(C2CC2)C3)cc1. The van der Waals surface area contributed by atoms with Gasteiger partial charge in [-0.2, -0.15) is 18.4 Å². The van der Waals surface area contributed by atoms with E-state index in [9.17, 15) is 18.0 Å². The number of benzene rings is 1. The van der Waals surface area contributed by atoms with E-state index < -0.39 is 12.1 Å². The first-order valence-corrected chi connectivity index (χ1v) is 7.69. The third-order valence-electron chi connectivity index (χ3n) is 5.83. The third kappa shape index (κ3) is 1.92. The summed E-state index contributed by atoms with van der Waals surface area (Å²) in [7, 11) is 0. The second-order valence-corrected chi connectivity index (χ2v) is 7.04. The van der Waals surface area contributed by atoms with Crippen LogP contribution in [0.4, 0.5) is 13.2 Å². The van der Waals surface area contributed by atoms with Crippen LogP contribution >= 0.6 is 0 Å². The van der Waals surface area contributed by atoms with Crippen molar-refractivity contribution in [3.63, 3.8) is 0 Å². The highest BCUT2D eigenvalue weighted by atomic mass is 19.4. The molecule has 0 radical (unpaired) electrons. The molecule has 0 bridgehead atoms. The average molecular weight is 320 g/mol. The molecule has 3 nitrogen and oxygen atoms in total. The summed E-state index contributed by atoms with van der Waals surface area (Å²) < 4.78 is 38.3. The number of nitriles is 1. The first-order chi connectivity index (χ1) is 10.8. The van der Waals surface area contributed by atoms with E-state index in [1.807, 2.05) is 18.2 Å². The van der Waals surface area contributed by atoms with Gasteiger partial charge in [0.2, 0.25) is 0 Å². The van der Waals surface area contributed by atoms with E-state index in [1.165, 1.54) is 0 Å². The quantitative estimate of drug-likeness (QED) is 0.841. The molecule has 1 aliphatic heterocycles. The molecule has 1 aromatic carbocycles. The molecular formula is C17H15F3N2O. The van der Waals surface area contributed by atoms with Gasteiger partial charge in [0, 0.05) is 23.9 Å². The predicted octanol–water partition coefficient (Wildman–Crippen LogP) is 3.00. The number of hydrogen-bond donors (Lipinski definition) is 0. The molecule has 1 amide bonds. The molecular weight excluding hydrogens is 305 g/mol. The number of nitrogens with zero attached hydrogens (tertiary/aromatic N) is 2. The monoisotopic (exact) mass is 320 g/mol. The minimum Gasteiger partial charge on any atom is -0.333 e. The Morgan fingerprint density at radius 3 is 2.39 bits per heavy atom. The van der Waals surface area contributed by atoms with Crippen LogP contribution in [0.3, 0.4) is 0 Å². The van der Waals surface area contributed by atoms with Gasteiger partial charge in [0.25, 0.3) is 0 Å². The molecule has 0 aromatic heterocycles. The van der Waals surface area contributed by atoms with Crippen LogP contribution in [-0.4, -0.2) is 30.1 Å². The van der Waals surface area contributed by atoms with Crippen LogP contribution in [0.25, 0.3) is 0 Å². The fraction of sp³-hybridized carbons (Fsp3) is 0.529. The van der Waals surface area contributed by atoms with Crippen molar-refractivity contribution in [3.05, 3.63) is 35.4 Å². The molecule has 4 rings (SSSR count). The lowest BCUT2D eigenvalue weighted by molar-refractivity contribution is -0.185. The Kier molecular flexibility index (Phi) is 2.71. The van der Waals surface area contributed by atoms with Crippen LogP contribution in [0.15, 0.2) is 24.3 Å². The predicted molar refractivity (Wildman–Crippen MR) is 75.2 cm³/mol. The van der Waals surface area contributed by atoms with Gasteiger partial charge in [-0.05, 0) is 42.9 Å². The van der Waals surface area contributed by atoms with Gasteiger partial charge >= 0.3 is 12.1 Å². The maximum absolute atomic E-state index is 12.8. The fourth-order valence-corrected chi connectivity index (χ4v) is 4.60. The highest BCUT2D eigenvalue weighted by Gasteiger charge is 2.77. The number of amides is 1. The van der Waals surface area contributed by atoms with Gasteiger partial charge in [-0.3, -0.25) is 4.79 Å². The lowest BCUT2D eigenvalue weighted by atomic mass is 9.85. The molecule has 0 spiro atoms. The van der Waals surface area contributed by atoms with Gasteiger partial charge in [0.15, 0.2) is 0 Å². The molecule has 2 saturated carbocycles. The average Bonchev–Trinajstić information content (AvgIpc) is 3.43. The Bertz CT molecular complexity index is 717. The highest BCUT2D eigenvalue weighted by molar-refractivity contribution is 5.83. The lowest BCUT2D eigenvalue weighted by Gasteiger charge is -2.22. The number of likely N-dealkylation sites (tertiary alicyclic amines) is 1. The van der Waals surface area contributed by atoms with Crippen LogP contribution in [0, 0.1) is 22.7 Å². The molecule has 6 heteroatoms. The van der Waals surface area contributed by atoms with Crippen molar-refractivity contribution in [2.75, 3.05) is 13.1 Å². The number of carbonyl (C=O) groups is 1. The summed E-state index contributed by atoms with van der Waals surface area (Å²) in [6.45, 7) is 0.337. The van der Waals surface area contributed by atoms with Crippen LogP contribution in [0.5, 0.6) is 0 Å². The molecule has 3 fully saturated rings. The summed E-state index contributed by atoms with van der Waals surface area (Å²) in [5.41, 5.74) is 0.940. The molecule has 1 heterocycles. The number of piperidine rings is 1. The van der Waals surface area contributed by atoms with Crippen LogP contribution in [0.2, 0.25) is 0 Å². The maximum atomic E-state index is 12.8. The van der Waals surface area contributed by atoms with Gasteiger partial charge in [0.05, 0.1) is 11.6 Å². The minimum absolute atomic E-state index is 0.133. The van der Waals surface area contributed by atoms with Gasteiger partial charge in [-0.15, -0.1) is 0 Å². The zero-order chi connectivity index (χ0) is 16.5. The Hall–Kier alpha value is -2.03. The zero-order valence-corrected chi connectivity index (χ0v) is 12.4. The third-order valence-corrected chi connectivity index (χ3v) is 5.83. The van der Waals surface area contributed by atoms with Crippen molar-refractivity contribution < 1.29 is 18.0 Å². The molecule has 0 N–H and O–H groups in total. The molecule has 2 unspecified atom stereocenters. The van der Waals surface area contributed by atoms with E-state index in [2.05, 4.69) is 0 Å². The Morgan fingerprint density at radius 1 is 1.22 bits per heavy atom. The first-order valence-electron chi connectivity index (χ1n) is 7.69. The number of rotatable bonds is 2. The van der Waals surface area contributed by atoms with Crippen molar-refractivity contribution in [2.24, 2.45) is 11.3 Å². The summed E-state index contributed by atoms with van der Waals surface area (Å²) in [6, 6.07) is 9.13. The minimum atomic E-state index is -4.81. The second kappa shape index (κ2) is 4.28. The number of fused-ring (bicyclic) bond motifs is 1. The van der Waals surface area contributed by atoms with Gasteiger partial charge < -0.3 is 4.90 Å². The van der Waals surface area contributed by atoms with Crippen molar-refractivity contribution in [1.82, 2.24) is 4.90 Å². The molecule has 2 atom stereocenters. The van der Waals surface area contributed by atoms with E-state index in [-0.39, 0.29) is 23.9 Å². The number of carbonyl (C=O) groups excluding carboxylic acids is 1. The van der Waals surface area contributed by atoms with E-state index in [0.29, 0.717) is 11.5 Å². The van der Waals surface area contributed by atoms with Crippen molar-refractivity contribution in [1.29, 1.82) is 5.26 Å². The zero-order valence-electron chi connectivity index (χ0n) is 12.4. The van der Waals surface area contributed by atoms with Crippen LogP contribution in [0.1, 0.15) is 30.4 Å². The molecule has 1 aromatic rings. The van der Waals surface area contributed by atoms with E-state index >= 15 is 0 Å². The molecule has 120 valence electrons. The van der Waals surface area contributed by atoms with E-state index in [4.69, 9.17) is 5.26 Å². The summed E-state index contributed by atoms with van der Waals surface area (Å²) in [5, 5.41) is 8.89. The van der Waals surface area contributed by atoms with Crippen LogP contribution in [-0.2, 0) is 10.2 Å². The topological polar surface area (TPSA) is 44.1 Å². The van der Waals surface area contributed by atoms with Crippen molar-refractivity contribution in [2.45, 2.75) is 30.9 Å². The molecule has 3 aliphatic rings. The Labute approximate surface area is 131 Å². The highest BCUT2D eigenvalue weighted by Crippen LogP contribution is 2.76. The van der Waals surface area contributed by atoms with Gasteiger partial charge in [0.1, 0.15) is 0 Å². The number of halogens is 3. The van der Waals surface area contributed by atoms with E-state index in [0.717, 1.165) is 29.7 Å². The summed E-state index contributed by atoms with van der Waals surface area (Å²) in [6.07, 6.45) is -1.90. The van der Waals surface area contributed by atoms with Crippen molar-refractivity contribution >= 4 is 5.91 Å². The Balaban J connectivity index is 1.67. The standard InChI is InChI=1S/C17H15F3N2O/c18-17(19,20)14(23)22-9-15(8-16(15,10-22)13-5-6-13)12-3-1-11(7-21)2-4-12/h1-4,13H,5-6,8-10H2. The van der Waals surface area contributed by atoms with Gasteiger partial charge in [-0.25, -0.2) is 0 Å². The van der Waals surface area contributed by atoms with Crippen molar-refractivity contribution in [3.8, 4) is 6.07 Å². The smallest absolute Gasteiger partial charge is 0.333 e. The molecule has 1 saturated heterocycles. The summed E-state index contributed by atoms with van der Waals surface area (Å²) >= 11 is 0. The Morgan fingerprint density at radius 2 is 1.87 bits per heavy atom. The normalized spacial score (nSPS) is 32.3. The summed E-state index contributed by atoms with van der Waals surface area (Å²) in [5.74, 6) is -1.30. The molecule has 2 aliphatic carbocycles. The van der Waals surface area contributed by atoms with E-state index in [1.54, 1.807) is 12.1 Å². The largest absolute Gasteiger partial charge is 0.471 e. The first kappa shape index (κ1) is 14.6.